The number of imide groups is 1. The third kappa shape index (κ3) is 4.11. The van der Waals surface area contributed by atoms with Crippen molar-refractivity contribution in [2.75, 3.05) is 13.2 Å². The number of benzene rings is 2. The van der Waals surface area contributed by atoms with Crippen LogP contribution in [0.2, 0.25) is 0 Å². The summed E-state index contributed by atoms with van der Waals surface area (Å²) in [5, 5.41) is 0. The van der Waals surface area contributed by atoms with Crippen LogP contribution in [0.1, 0.15) is 72.3 Å². The predicted molar refractivity (Wildman–Crippen MR) is 107 cm³/mol. The lowest BCUT2D eigenvalue weighted by Crippen LogP contribution is -2.30. The first-order chi connectivity index (χ1) is 13.8. The highest BCUT2D eigenvalue weighted by molar-refractivity contribution is 6.22. The van der Waals surface area contributed by atoms with Crippen molar-refractivity contribution >= 4 is 23.6 Å². The van der Waals surface area contributed by atoms with Crippen molar-refractivity contribution in [3.63, 3.8) is 0 Å². The molecule has 29 heavy (non-hydrogen) atoms. The summed E-state index contributed by atoms with van der Waals surface area (Å²) in [6, 6.07) is 9.79. The van der Waals surface area contributed by atoms with Crippen LogP contribution < -0.4 is 0 Å². The molecular formula is C23H23NO5. The first-order valence-corrected chi connectivity index (χ1v) is 9.61. The van der Waals surface area contributed by atoms with Crippen molar-refractivity contribution in [2.24, 2.45) is 0 Å². The summed E-state index contributed by atoms with van der Waals surface area (Å²) in [6.45, 7) is 5.64. The molecule has 2 amide bonds. The van der Waals surface area contributed by atoms with Crippen molar-refractivity contribution in [1.29, 1.82) is 0 Å². The number of amides is 2. The second kappa shape index (κ2) is 8.39. The number of ether oxygens (including phenoxy) is 1. The van der Waals surface area contributed by atoms with E-state index in [9.17, 15) is 19.2 Å². The number of ketones is 1. The number of Topliss-reactive ketones (excluding diaryl/α,β-unsaturated/α-hetero) is 1. The van der Waals surface area contributed by atoms with Crippen LogP contribution in [-0.2, 0) is 4.74 Å². The van der Waals surface area contributed by atoms with E-state index in [4.69, 9.17) is 4.74 Å². The van der Waals surface area contributed by atoms with E-state index < -0.39 is 18.5 Å². The van der Waals surface area contributed by atoms with E-state index in [-0.39, 0.29) is 28.4 Å². The van der Waals surface area contributed by atoms with Crippen molar-refractivity contribution in [3.8, 4) is 0 Å². The van der Waals surface area contributed by atoms with Crippen molar-refractivity contribution in [1.82, 2.24) is 4.90 Å². The molecule has 0 aromatic heterocycles. The van der Waals surface area contributed by atoms with Crippen LogP contribution in [-0.4, -0.2) is 41.6 Å². The zero-order valence-corrected chi connectivity index (χ0v) is 16.8. The van der Waals surface area contributed by atoms with Gasteiger partial charge in [-0.1, -0.05) is 31.0 Å². The second-order valence-electron chi connectivity index (χ2n) is 7.19. The summed E-state index contributed by atoms with van der Waals surface area (Å²) >= 11 is 0. The van der Waals surface area contributed by atoms with Crippen LogP contribution in [0.25, 0.3) is 0 Å². The number of rotatable bonds is 7. The lowest BCUT2D eigenvalue weighted by molar-refractivity contribution is 0.0474. The average Bonchev–Trinajstić information content (AvgIpc) is 2.95. The fourth-order valence-electron chi connectivity index (χ4n) is 3.27. The fourth-order valence-corrected chi connectivity index (χ4v) is 3.27. The Kier molecular flexibility index (Phi) is 5.92. The molecule has 0 saturated heterocycles. The number of hydrogen-bond donors (Lipinski definition) is 0. The number of carbonyl (C=O) groups is 4. The van der Waals surface area contributed by atoms with Crippen molar-refractivity contribution < 1.29 is 23.9 Å². The third-order valence-electron chi connectivity index (χ3n) is 4.97. The molecule has 3 rings (SSSR count). The van der Waals surface area contributed by atoms with E-state index in [1.54, 1.807) is 6.07 Å². The quantitative estimate of drug-likeness (QED) is 0.407. The molecule has 2 aromatic rings. The summed E-state index contributed by atoms with van der Waals surface area (Å²) in [5.74, 6) is -1.75. The maximum atomic E-state index is 12.5. The van der Waals surface area contributed by atoms with Crippen LogP contribution in [0.4, 0.5) is 0 Å². The van der Waals surface area contributed by atoms with E-state index in [1.165, 1.54) is 23.1 Å². The molecule has 1 heterocycles. The number of nitrogens with zero attached hydrogens (tertiary/aromatic N) is 1. The molecule has 2 aromatic carbocycles. The number of carbonyl (C=O) groups excluding carboxylic acids is 4. The Hall–Kier alpha value is -3.28. The summed E-state index contributed by atoms with van der Waals surface area (Å²) in [5.41, 5.74) is 2.88. The number of esters is 1. The van der Waals surface area contributed by atoms with Gasteiger partial charge in [0.25, 0.3) is 11.8 Å². The molecule has 0 fully saturated rings. The fraction of sp³-hybridized carbons (Fsp3) is 0.304. The van der Waals surface area contributed by atoms with Crippen LogP contribution in [0.15, 0.2) is 36.4 Å². The molecule has 0 aliphatic carbocycles. The molecule has 1 aliphatic rings. The molecule has 150 valence electrons. The maximum absolute atomic E-state index is 12.5. The number of hydrogen-bond acceptors (Lipinski definition) is 5. The van der Waals surface area contributed by atoms with Gasteiger partial charge >= 0.3 is 5.97 Å². The third-order valence-corrected chi connectivity index (χ3v) is 4.97. The molecule has 1 aliphatic heterocycles. The molecule has 6 nitrogen and oxygen atoms in total. The van der Waals surface area contributed by atoms with E-state index in [0.717, 1.165) is 24.0 Å². The number of unbranched alkanes of at least 4 members (excludes halogenated alkanes) is 1. The SMILES string of the molecule is CCCCN1C(=O)c2ccc(C(=O)OCC(=O)c3cc(C)ccc3C)cc2C1=O. The highest BCUT2D eigenvalue weighted by Gasteiger charge is 2.35. The van der Waals surface area contributed by atoms with Crippen molar-refractivity contribution in [3.05, 3.63) is 69.8 Å². The van der Waals surface area contributed by atoms with Crippen LogP contribution in [0.3, 0.4) is 0 Å². The van der Waals surface area contributed by atoms with Gasteiger partial charge in [0.05, 0.1) is 16.7 Å². The Balaban J connectivity index is 1.71. The lowest BCUT2D eigenvalue weighted by atomic mass is 10.0. The maximum Gasteiger partial charge on any atom is 0.338 e. The van der Waals surface area contributed by atoms with Crippen LogP contribution in [0, 0.1) is 13.8 Å². The van der Waals surface area contributed by atoms with Gasteiger partial charge < -0.3 is 4.74 Å². The van der Waals surface area contributed by atoms with E-state index in [1.807, 2.05) is 32.9 Å². The normalized spacial score (nSPS) is 12.9. The largest absolute Gasteiger partial charge is 0.454 e. The van der Waals surface area contributed by atoms with Gasteiger partial charge in [-0.3, -0.25) is 19.3 Å². The summed E-state index contributed by atoms with van der Waals surface area (Å²) in [6.07, 6.45) is 1.58. The van der Waals surface area contributed by atoms with Gasteiger partial charge in [0.1, 0.15) is 0 Å². The summed E-state index contributed by atoms with van der Waals surface area (Å²) < 4.78 is 5.15. The van der Waals surface area contributed by atoms with Gasteiger partial charge in [-0.25, -0.2) is 4.79 Å². The number of aryl methyl sites for hydroxylation is 2. The van der Waals surface area contributed by atoms with E-state index in [2.05, 4.69) is 0 Å². The minimum absolute atomic E-state index is 0.135. The van der Waals surface area contributed by atoms with Gasteiger partial charge in [0.15, 0.2) is 6.61 Å². The molecule has 0 bridgehead atoms. The average molecular weight is 393 g/mol. The molecular weight excluding hydrogens is 370 g/mol. The van der Waals surface area contributed by atoms with Crippen molar-refractivity contribution in [2.45, 2.75) is 33.6 Å². The Morgan fingerprint density at radius 2 is 1.69 bits per heavy atom. The zero-order chi connectivity index (χ0) is 21.1. The van der Waals surface area contributed by atoms with Gasteiger partial charge in [-0.05, 0) is 50.1 Å². The standard InChI is InChI=1S/C23H23NO5/c1-4-5-10-24-21(26)17-9-8-16(12-19(17)22(24)27)23(28)29-13-20(25)18-11-14(2)6-7-15(18)3/h6-9,11-12H,4-5,10,13H2,1-3H3. The van der Waals surface area contributed by atoms with E-state index >= 15 is 0 Å². The highest BCUT2D eigenvalue weighted by atomic mass is 16.5. The zero-order valence-electron chi connectivity index (χ0n) is 16.8. The van der Waals surface area contributed by atoms with Gasteiger partial charge in [-0.15, -0.1) is 0 Å². The minimum Gasteiger partial charge on any atom is -0.454 e. The first-order valence-electron chi connectivity index (χ1n) is 9.61. The molecule has 6 heteroatoms. The first kappa shape index (κ1) is 20.5. The van der Waals surface area contributed by atoms with Gasteiger partial charge in [-0.2, -0.15) is 0 Å². The summed E-state index contributed by atoms with van der Waals surface area (Å²) in [4.78, 5) is 50.9. The lowest BCUT2D eigenvalue weighted by Gasteiger charge is -2.12. The van der Waals surface area contributed by atoms with Crippen LogP contribution in [0.5, 0.6) is 0 Å². The molecule has 0 unspecified atom stereocenters. The Morgan fingerprint density at radius 1 is 0.966 bits per heavy atom. The van der Waals surface area contributed by atoms with Gasteiger partial charge in [0, 0.05) is 12.1 Å². The predicted octanol–water partition coefficient (Wildman–Crippen LogP) is 3.74. The monoisotopic (exact) mass is 393 g/mol. The highest BCUT2D eigenvalue weighted by Crippen LogP contribution is 2.25. The topological polar surface area (TPSA) is 80.8 Å². The molecule has 0 radical (unpaired) electrons. The smallest absolute Gasteiger partial charge is 0.338 e. The Bertz CT molecular complexity index is 1010. The summed E-state index contributed by atoms with van der Waals surface area (Å²) in [7, 11) is 0. The molecule has 0 saturated carbocycles. The van der Waals surface area contributed by atoms with Gasteiger partial charge in [0.2, 0.25) is 5.78 Å². The molecule has 0 spiro atoms. The minimum atomic E-state index is -0.710. The molecule has 0 atom stereocenters. The van der Waals surface area contributed by atoms with Crippen LogP contribution >= 0.6 is 0 Å². The second-order valence-corrected chi connectivity index (χ2v) is 7.19. The Labute approximate surface area is 169 Å². The number of fused-ring (bicyclic) bond motifs is 1. The molecule has 0 N–H and O–H groups in total. The Morgan fingerprint density at radius 3 is 2.41 bits per heavy atom. The van der Waals surface area contributed by atoms with E-state index in [0.29, 0.717) is 12.1 Å².